The van der Waals surface area contributed by atoms with E-state index in [4.69, 9.17) is 4.74 Å². The number of piperidine rings is 1. The summed E-state index contributed by atoms with van der Waals surface area (Å²) < 4.78 is 5.79. The van der Waals surface area contributed by atoms with Crippen LogP contribution in [-0.2, 0) is 5.41 Å². The molecule has 3 rings (SSSR count). The number of hydrogen-bond acceptors (Lipinski definition) is 3. The molecule has 0 bridgehead atoms. The third kappa shape index (κ3) is 4.35. The predicted octanol–water partition coefficient (Wildman–Crippen LogP) is 4.46. The molecule has 0 spiro atoms. The fourth-order valence-electron chi connectivity index (χ4n) is 3.80. The zero-order valence-electron chi connectivity index (χ0n) is 15.3. The lowest BCUT2D eigenvalue weighted by molar-refractivity contribution is 0.105. The van der Waals surface area contributed by atoms with E-state index in [0.29, 0.717) is 11.7 Å². The summed E-state index contributed by atoms with van der Waals surface area (Å²) >= 11 is 0. The van der Waals surface area contributed by atoms with Crippen LogP contribution in [0.25, 0.3) is 0 Å². The summed E-state index contributed by atoms with van der Waals surface area (Å²) in [5, 5.41) is 9.81. The monoisotopic (exact) mass is 339 g/mol. The van der Waals surface area contributed by atoms with E-state index in [2.05, 4.69) is 24.8 Å². The van der Waals surface area contributed by atoms with Gasteiger partial charge in [-0.3, -0.25) is 0 Å². The first kappa shape index (κ1) is 17.8. The maximum absolute atomic E-state index is 9.81. The summed E-state index contributed by atoms with van der Waals surface area (Å²) in [5.41, 5.74) is 1.39. The van der Waals surface area contributed by atoms with Gasteiger partial charge in [0.2, 0.25) is 0 Å². The lowest BCUT2D eigenvalue weighted by atomic mass is 9.68. The average Bonchev–Trinajstić information content (AvgIpc) is 2.63. The molecule has 0 aliphatic carbocycles. The van der Waals surface area contributed by atoms with Crippen molar-refractivity contribution in [2.45, 2.75) is 32.1 Å². The van der Waals surface area contributed by atoms with Crippen molar-refractivity contribution in [2.75, 3.05) is 26.2 Å². The number of phenolic OH excluding ortho intramolecular Hbond substituents is 1. The summed E-state index contributed by atoms with van der Waals surface area (Å²) in [6, 6.07) is 17.8. The quantitative estimate of drug-likeness (QED) is 0.789. The summed E-state index contributed by atoms with van der Waals surface area (Å²) in [6.45, 7) is 8.70. The minimum Gasteiger partial charge on any atom is -0.508 e. The largest absolute Gasteiger partial charge is 0.508 e. The number of likely N-dealkylation sites (tertiary alicyclic amines) is 1. The van der Waals surface area contributed by atoms with Crippen molar-refractivity contribution in [1.29, 1.82) is 0 Å². The molecule has 3 nitrogen and oxygen atoms in total. The smallest absolute Gasteiger partial charge is 0.119 e. The van der Waals surface area contributed by atoms with Crippen LogP contribution >= 0.6 is 0 Å². The second-order valence-electron chi connectivity index (χ2n) is 7.43. The van der Waals surface area contributed by atoms with Crippen molar-refractivity contribution >= 4 is 0 Å². The third-order valence-electron chi connectivity index (χ3n) is 5.70. The number of para-hydroxylation sites is 1. The molecule has 2 aromatic carbocycles. The summed E-state index contributed by atoms with van der Waals surface area (Å²) in [6.07, 6.45) is 2.17. The summed E-state index contributed by atoms with van der Waals surface area (Å²) in [5.74, 6) is 1.87. The number of benzene rings is 2. The van der Waals surface area contributed by atoms with Crippen LogP contribution in [0, 0.1) is 5.92 Å². The number of hydrogen-bond donors (Lipinski definition) is 1. The van der Waals surface area contributed by atoms with Crippen LogP contribution in [0.2, 0.25) is 0 Å². The maximum atomic E-state index is 9.81. The van der Waals surface area contributed by atoms with Gasteiger partial charge in [0, 0.05) is 13.1 Å². The first-order chi connectivity index (χ1) is 12.1. The van der Waals surface area contributed by atoms with Crippen molar-refractivity contribution in [3.8, 4) is 11.5 Å². The van der Waals surface area contributed by atoms with Crippen molar-refractivity contribution in [1.82, 2.24) is 4.90 Å². The van der Waals surface area contributed by atoms with Crippen molar-refractivity contribution in [2.24, 2.45) is 5.92 Å². The van der Waals surface area contributed by atoms with Crippen molar-refractivity contribution < 1.29 is 9.84 Å². The Labute approximate surface area is 151 Å². The fourth-order valence-corrected chi connectivity index (χ4v) is 3.80. The molecule has 0 saturated carbocycles. The Bertz CT molecular complexity index is 673. The first-order valence-electron chi connectivity index (χ1n) is 9.27. The summed E-state index contributed by atoms with van der Waals surface area (Å²) in [4.78, 5) is 2.55. The normalized spacial score (nSPS) is 24.2. The van der Waals surface area contributed by atoms with Gasteiger partial charge in [-0.15, -0.1) is 0 Å². The molecule has 0 radical (unpaired) electrons. The molecule has 1 N–H and O–H groups in total. The van der Waals surface area contributed by atoms with Gasteiger partial charge >= 0.3 is 0 Å². The van der Waals surface area contributed by atoms with Gasteiger partial charge in [-0.1, -0.05) is 44.2 Å². The van der Waals surface area contributed by atoms with Crippen LogP contribution in [0.5, 0.6) is 11.5 Å². The molecule has 1 saturated heterocycles. The molecular formula is C22H29NO2. The van der Waals surface area contributed by atoms with E-state index in [0.717, 1.165) is 44.8 Å². The maximum Gasteiger partial charge on any atom is 0.119 e. The molecule has 2 aromatic rings. The molecular weight excluding hydrogens is 310 g/mol. The number of phenols is 1. The zero-order valence-corrected chi connectivity index (χ0v) is 15.3. The lowest BCUT2D eigenvalue weighted by Crippen LogP contribution is -2.47. The molecule has 1 aliphatic rings. The second-order valence-corrected chi connectivity index (χ2v) is 7.43. The highest BCUT2D eigenvalue weighted by atomic mass is 16.5. The Hall–Kier alpha value is -2.00. The third-order valence-corrected chi connectivity index (χ3v) is 5.70. The molecule has 0 aromatic heterocycles. The molecule has 3 heteroatoms. The van der Waals surface area contributed by atoms with Gasteiger partial charge in [-0.05, 0) is 60.5 Å². The number of nitrogens with zero attached hydrogens (tertiary/aromatic N) is 1. The van der Waals surface area contributed by atoms with Crippen LogP contribution in [0.15, 0.2) is 54.6 Å². The van der Waals surface area contributed by atoms with E-state index < -0.39 is 0 Å². The molecule has 1 heterocycles. The highest BCUT2D eigenvalue weighted by Gasteiger charge is 2.37. The van der Waals surface area contributed by atoms with E-state index in [9.17, 15) is 5.11 Å². The van der Waals surface area contributed by atoms with Gasteiger partial charge in [0.15, 0.2) is 0 Å². The van der Waals surface area contributed by atoms with Gasteiger partial charge in [0.05, 0.1) is 6.61 Å². The Kier molecular flexibility index (Phi) is 5.64. The molecule has 25 heavy (non-hydrogen) atoms. The zero-order chi connectivity index (χ0) is 17.7. The fraction of sp³-hybridized carbons (Fsp3) is 0.455. The van der Waals surface area contributed by atoms with Crippen LogP contribution in [0.1, 0.15) is 32.3 Å². The Morgan fingerprint density at radius 3 is 2.68 bits per heavy atom. The standard InChI is InChI=1S/C22H29NO2/c1-18-17-23(13-7-15-25-21-10-4-3-5-11-21)14-12-22(18,2)19-8-6-9-20(24)16-19/h3-6,8-11,16,18,24H,7,12-15,17H2,1-2H3/t18-,22+/m1/s1. The van der Waals surface area contributed by atoms with E-state index in [-0.39, 0.29) is 5.41 Å². The molecule has 1 fully saturated rings. The van der Waals surface area contributed by atoms with E-state index in [1.165, 1.54) is 5.56 Å². The molecule has 2 atom stereocenters. The first-order valence-corrected chi connectivity index (χ1v) is 9.27. The van der Waals surface area contributed by atoms with Crippen LogP contribution < -0.4 is 4.74 Å². The number of ether oxygens (including phenoxy) is 1. The van der Waals surface area contributed by atoms with E-state index in [1.807, 2.05) is 42.5 Å². The highest BCUT2D eigenvalue weighted by Crippen LogP contribution is 2.40. The van der Waals surface area contributed by atoms with E-state index in [1.54, 1.807) is 6.07 Å². The second kappa shape index (κ2) is 7.92. The van der Waals surface area contributed by atoms with Crippen LogP contribution in [0.3, 0.4) is 0 Å². The molecule has 134 valence electrons. The Balaban J connectivity index is 1.48. The predicted molar refractivity (Wildman–Crippen MR) is 102 cm³/mol. The topological polar surface area (TPSA) is 32.7 Å². The van der Waals surface area contributed by atoms with Gasteiger partial charge < -0.3 is 14.7 Å². The highest BCUT2D eigenvalue weighted by molar-refractivity contribution is 5.33. The van der Waals surface area contributed by atoms with Gasteiger partial charge in [-0.25, -0.2) is 0 Å². The molecule has 0 unspecified atom stereocenters. The van der Waals surface area contributed by atoms with Gasteiger partial charge in [-0.2, -0.15) is 0 Å². The average molecular weight is 339 g/mol. The number of aromatic hydroxyl groups is 1. The Morgan fingerprint density at radius 2 is 1.96 bits per heavy atom. The lowest BCUT2D eigenvalue weighted by Gasteiger charge is -2.45. The minimum atomic E-state index is 0.135. The number of rotatable bonds is 6. The molecule has 0 amide bonds. The minimum absolute atomic E-state index is 0.135. The summed E-state index contributed by atoms with van der Waals surface area (Å²) in [7, 11) is 0. The molecule has 1 aliphatic heterocycles. The van der Waals surface area contributed by atoms with Crippen molar-refractivity contribution in [3.63, 3.8) is 0 Å². The van der Waals surface area contributed by atoms with E-state index >= 15 is 0 Å². The van der Waals surface area contributed by atoms with Crippen LogP contribution in [-0.4, -0.2) is 36.2 Å². The van der Waals surface area contributed by atoms with Crippen molar-refractivity contribution in [3.05, 3.63) is 60.2 Å². The SMILES string of the molecule is C[C@@H]1CN(CCCOc2ccccc2)CC[C@]1(C)c1cccc(O)c1. The van der Waals surface area contributed by atoms with Gasteiger partial charge in [0.25, 0.3) is 0 Å². The van der Waals surface area contributed by atoms with Gasteiger partial charge in [0.1, 0.15) is 11.5 Å². The van der Waals surface area contributed by atoms with Crippen LogP contribution in [0.4, 0.5) is 0 Å². The Morgan fingerprint density at radius 1 is 1.16 bits per heavy atom.